The first-order chi connectivity index (χ1) is 8.13. The van der Waals surface area contributed by atoms with Crippen molar-refractivity contribution in [3.8, 4) is 0 Å². The first kappa shape index (κ1) is 12.9. The van der Waals surface area contributed by atoms with Gasteiger partial charge in [0.1, 0.15) is 0 Å². The highest BCUT2D eigenvalue weighted by atomic mass is 79.9. The second kappa shape index (κ2) is 5.89. The predicted octanol–water partition coefficient (Wildman–Crippen LogP) is 3.66. The van der Waals surface area contributed by atoms with E-state index < -0.39 is 10.8 Å². The summed E-state index contributed by atoms with van der Waals surface area (Å²) in [5, 5.41) is 1.03. The number of hydrogen-bond donors (Lipinski definition) is 0. The van der Waals surface area contributed by atoms with Crippen LogP contribution >= 0.6 is 27.3 Å². The third-order valence-electron chi connectivity index (χ3n) is 2.19. The number of aromatic nitrogens is 1. The summed E-state index contributed by atoms with van der Waals surface area (Å²) >= 11 is 5.03. The standard InChI is InChI=1S/C12H12BrNOS2/c1-9-14-6-12(16-9)8-17(15)7-10-3-2-4-11(13)5-10/h2-6H,7-8H2,1H3/t17-/m0/s1. The summed E-state index contributed by atoms with van der Waals surface area (Å²) in [5.41, 5.74) is 1.10. The molecule has 0 aliphatic rings. The molecule has 0 N–H and O–H groups in total. The predicted molar refractivity (Wildman–Crippen MR) is 76.5 cm³/mol. The number of hydrogen-bond acceptors (Lipinski definition) is 3. The van der Waals surface area contributed by atoms with Crippen LogP contribution < -0.4 is 0 Å². The van der Waals surface area contributed by atoms with E-state index in [0.717, 1.165) is 19.9 Å². The molecule has 0 fully saturated rings. The molecule has 0 amide bonds. The van der Waals surface area contributed by atoms with E-state index >= 15 is 0 Å². The highest BCUT2D eigenvalue weighted by Crippen LogP contribution is 2.17. The van der Waals surface area contributed by atoms with Crippen LogP contribution in [0.25, 0.3) is 0 Å². The Morgan fingerprint density at radius 1 is 1.41 bits per heavy atom. The summed E-state index contributed by atoms with van der Waals surface area (Å²) in [4.78, 5) is 5.26. The summed E-state index contributed by atoms with van der Waals surface area (Å²) in [5.74, 6) is 1.19. The van der Waals surface area contributed by atoms with E-state index in [1.165, 1.54) is 0 Å². The van der Waals surface area contributed by atoms with Gasteiger partial charge in [0.2, 0.25) is 0 Å². The first-order valence-electron chi connectivity index (χ1n) is 5.14. The summed E-state index contributed by atoms with van der Waals surface area (Å²) in [7, 11) is -0.867. The quantitative estimate of drug-likeness (QED) is 0.856. The maximum atomic E-state index is 12.0. The van der Waals surface area contributed by atoms with E-state index in [1.54, 1.807) is 11.3 Å². The van der Waals surface area contributed by atoms with Crippen molar-refractivity contribution in [2.24, 2.45) is 0 Å². The molecule has 2 nitrogen and oxygen atoms in total. The lowest BCUT2D eigenvalue weighted by Crippen LogP contribution is -1.98. The second-order valence-electron chi connectivity index (χ2n) is 3.70. The van der Waals surface area contributed by atoms with Crippen LogP contribution in [0.15, 0.2) is 34.9 Å². The average molecular weight is 330 g/mol. The van der Waals surface area contributed by atoms with E-state index in [9.17, 15) is 4.21 Å². The number of nitrogens with zero attached hydrogens (tertiary/aromatic N) is 1. The minimum Gasteiger partial charge on any atom is -0.259 e. The van der Waals surface area contributed by atoms with Crippen molar-refractivity contribution < 1.29 is 4.21 Å². The zero-order valence-corrected chi connectivity index (χ0v) is 12.6. The fraction of sp³-hybridized carbons (Fsp3) is 0.250. The van der Waals surface area contributed by atoms with Gasteiger partial charge in [-0.2, -0.15) is 0 Å². The second-order valence-corrected chi connectivity index (χ2v) is 7.40. The third kappa shape index (κ3) is 4.01. The molecular formula is C12H12BrNOS2. The molecule has 0 aliphatic carbocycles. The van der Waals surface area contributed by atoms with Crippen molar-refractivity contribution in [1.29, 1.82) is 0 Å². The summed E-state index contributed by atoms with van der Waals surface area (Å²) < 4.78 is 13.0. The van der Waals surface area contributed by atoms with E-state index in [2.05, 4.69) is 20.9 Å². The van der Waals surface area contributed by atoms with Crippen LogP contribution in [0.2, 0.25) is 0 Å². The van der Waals surface area contributed by atoms with Gasteiger partial charge in [-0.15, -0.1) is 11.3 Å². The molecule has 17 heavy (non-hydrogen) atoms. The molecule has 0 bridgehead atoms. The smallest absolute Gasteiger partial charge is 0.0897 e. The monoisotopic (exact) mass is 329 g/mol. The van der Waals surface area contributed by atoms with Gasteiger partial charge in [0.05, 0.1) is 10.8 Å². The molecule has 0 unspecified atom stereocenters. The first-order valence-corrected chi connectivity index (χ1v) is 8.24. The van der Waals surface area contributed by atoms with Crippen molar-refractivity contribution in [3.05, 3.63) is 50.4 Å². The topological polar surface area (TPSA) is 30.0 Å². The molecule has 2 rings (SSSR count). The van der Waals surface area contributed by atoms with Crippen LogP contribution in [-0.4, -0.2) is 9.19 Å². The van der Waals surface area contributed by atoms with Crippen LogP contribution in [0.5, 0.6) is 0 Å². The maximum Gasteiger partial charge on any atom is 0.0897 e. The Balaban J connectivity index is 1.98. The Morgan fingerprint density at radius 2 is 2.24 bits per heavy atom. The van der Waals surface area contributed by atoms with Gasteiger partial charge in [0, 0.05) is 32.1 Å². The zero-order chi connectivity index (χ0) is 12.3. The van der Waals surface area contributed by atoms with Crippen LogP contribution in [-0.2, 0) is 22.3 Å². The number of thiazole rings is 1. The fourth-order valence-electron chi connectivity index (χ4n) is 1.49. The van der Waals surface area contributed by atoms with E-state index in [0.29, 0.717) is 11.5 Å². The molecule has 2 aromatic rings. The van der Waals surface area contributed by atoms with Gasteiger partial charge in [0.15, 0.2) is 0 Å². The Bertz CT molecular complexity index is 539. The van der Waals surface area contributed by atoms with Gasteiger partial charge in [-0.05, 0) is 24.6 Å². The largest absolute Gasteiger partial charge is 0.259 e. The van der Waals surface area contributed by atoms with Crippen molar-refractivity contribution in [3.63, 3.8) is 0 Å². The van der Waals surface area contributed by atoms with Gasteiger partial charge in [-0.25, -0.2) is 4.98 Å². The van der Waals surface area contributed by atoms with Gasteiger partial charge in [0.25, 0.3) is 0 Å². The molecule has 1 atom stereocenters. The van der Waals surface area contributed by atoms with Crippen molar-refractivity contribution >= 4 is 38.1 Å². The lowest BCUT2D eigenvalue weighted by Gasteiger charge is -2.01. The molecule has 5 heteroatoms. The van der Waals surface area contributed by atoms with Crippen molar-refractivity contribution in [2.75, 3.05) is 0 Å². The molecule has 1 aromatic heterocycles. The normalized spacial score (nSPS) is 12.6. The van der Waals surface area contributed by atoms with Gasteiger partial charge < -0.3 is 0 Å². The SMILES string of the molecule is Cc1ncc(C[S@@](=O)Cc2cccc(Br)c2)s1. The van der Waals surface area contributed by atoms with Crippen LogP contribution in [0.3, 0.4) is 0 Å². The third-order valence-corrected chi connectivity index (χ3v) is 5.07. The Labute approximate surface area is 116 Å². The molecule has 0 saturated heterocycles. The molecule has 1 heterocycles. The molecule has 90 valence electrons. The molecule has 0 radical (unpaired) electrons. The minimum absolute atomic E-state index is 0.594. The number of rotatable bonds is 4. The average Bonchev–Trinajstić information content (AvgIpc) is 2.63. The number of aryl methyl sites for hydroxylation is 1. The Hall–Kier alpha value is -0.520. The summed E-state index contributed by atoms with van der Waals surface area (Å²) in [6, 6.07) is 7.95. The van der Waals surface area contributed by atoms with E-state index in [4.69, 9.17) is 0 Å². The molecular weight excluding hydrogens is 318 g/mol. The minimum atomic E-state index is -0.867. The summed E-state index contributed by atoms with van der Waals surface area (Å²) in [6.45, 7) is 1.96. The lowest BCUT2D eigenvalue weighted by atomic mass is 10.2. The lowest BCUT2D eigenvalue weighted by molar-refractivity contribution is 0.682. The van der Waals surface area contributed by atoms with E-state index in [-0.39, 0.29) is 0 Å². The number of halogens is 1. The number of benzene rings is 1. The van der Waals surface area contributed by atoms with E-state index in [1.807, 2.05) is 37.4 Å². The van der Waals surface area contributed by atoms with Crippen LogP contribution in [0.1, 0.15) is 15.4 Å². The Morgan fingerprint density at radius 3 is 2.88 bits per heavy atom. The highest BCUT2D eigenvalue weighted by Gasteiger charge is 2.06. The molecule has 0 saturated carbocycles. The zero-order valence-electron chi connectivity index (χ0n) is 9.35. The van der Waals surface area contributed by atoms with Crippen LogP contribution in [0.4, 0.5) is 0 Å². The fourth-order valence-corrected chi connectivity index (χ4v) is 4.21. The van der Waals surface area contributed by atoms with Crippen molar-refractivity contribution in [2.45, 2.75) is 18.4 Å². The molecule has 0 spiro atoms. The molecule has 1 aromatic carbocycles. The molecule has 0 aliphatic heterocycles. The van der Waals surface area contributed by atoms with Gasteiger partial charge in [-0.3, -0.25) is 4.21 Å². The summed E-state index contributed by atoms with van der Waals surface area (Å²) in [6.07, 6.45) is 1.82. The van der Waals surface area contributed by atoms with Crippen molar-refractivity contribution in [1.82, 2.24) is 4.98 Å². The van der Waals surface area contributed by atoms with Gasteiger partial charge >= 0.3 is 0 Å². The highest BCUT2D eigenvalue weighted by molar-refractivity contribution is 9.10. The van der Waals surface area contributed by atoms with Crippen LogP contribution in [0, 0.1) is 6.92 Å². The maximum absolute atomic E-state index is 12.0. The Kier molecular flexibility index (Phi) is 4.48. The van der Waals surface area contributed by atoms with Gasteiger partial charge in [-0.1, -0.05) is 28.1 Å².